The number of hydrogen-bond donors (Lipinski definition) is 2. The quantitative estimate of drug-likeness (QED) is 0.355. The van der Waals surface area contributed by atoms with Gasteiger partial charge < -0.3 is 15.8 Å². The van der Waals surface area contributed by atoms with Crippen LogP contribution < -0.4 is 11.1 Å². The molecule has 1 unspecified atom stereocenters. The minimum atomic E-state index is 0. The predicted molar refractivity (Wildman–Crippen MR) is 105 cm³/mol. The Morgan fingerprint density at radius 1 is 1.18 bits per heavy atom. The Hall–Kier alpha value is -0.0800. The molecule has 6 heteroatoms. The lowest BCUT2D eigenvalue weighted by Crippen LogP contribution is -2.46. The number of morpholine rings is 1. The smallest absolute Gasteiger partial charge is 0.188 e. The summed E-state index contributed by atoms with van der Waals surface area (Å²) in [6, 6.07) is 0.472. The highest BCUT2D eigenvalue weighted by Crippen LogP contribution is 2.13. The van der Waals surface area contributed by atoms with Gasteiger partial charge in [-0.15, -0.1) is 24.0 Å². The zero-order valence-corrected chi connectivity index (χ0v) is 17.0. The number of nitrogens with zero attached hydrogens (tertiary/aromatic N) is 2. The molecule has 1 atom stereocenters. The van der Waals surface area contributed by atoms with Crippen molar-refractivity contribution in [1.29, 1.82) is 0 Å². The molecule has 3 N–H and O–H groups in total. The molecule has 1 aliphatic rings. The molecule has 1 heterocycles. The Balaban J connectivity index is 0.00000441. The lowest BCUT2D eigenvalue weighted by Gasteiger charge is -2.34. The van der Waals surface area contributed by atoms with Crippen LogP contribution in [-0.2, 0) is 4.74 Å². The van der Waals surface area contributed by atoms with Crippen LogP contribution in [0.2, 0.25) is 0 Å². The average molecular weight is 426 g/mol. The fourth-order valence-electron chi connectivity index (χ4n) is 2.57. The third-order valence-corrected chi connectivity index (χ3v) is 3.81. The highest BCUT2D eigenvalue weighted by molar-refractivity contribution is 14.0. The van der Waals surface area contributed by atoms with Gasteiger partial charge in [0.25, 0.3) is 0 Å². The lowest BCUT2D eigenvalue weighted by atomic mass is 10.0. The van der Waals surface area contributed by atoms with Crippen molar-refractivity contribution in [3.8, 4) is 0 Å². The monoisotopic (exact) mass is 426 g/mol. The van der Waals surface area contributed by atoms with Crippen molar-refractivity contribution in [2.75, 3.05) is 39.4 Å². The molecule has 1 saturated heterocycles. The molecule has 0 aromatic rings. The van der Waals surface area contributed by atoms with Crippen molar-refractivity contribution >= 4 is 29.9 Å². The highest BCUT2D eigenvalue weighted by Gasteiger charge is 2.21. The second-order valence-corrected chi connectivity index (χ2v) is 6.77. The van der Waals surface area contributed by atoms with E-state index in [0.717, 1.165) is 52.2 Å². The minimum absolute atomic E-state index is 0. The molecule has 0 aromatic carbocycles. The van der Waals surface area contributed by atoms with Crippen LogP contribution in [0, 0.1) is 11.8 Å². The van der Waals surface area contributed by atoms with Gasteiger partial charge >= 0.3 is 0 Å². The maximum atomic E-state index is 5.96. The molecule has 0 aliphatic carbocycles. The third kappa shape index (κ3) is 9.84. The first kappa shape index (κ1) is 21.9. The highest BCUT2D eigenvalue weighted by atomic mass is 127. The molecular formula is C16H35IN4O. The van der Waals surface area contributed by atoms with E-state index in [0.29, 0.717) is 23.8 Å². The van der Waals surface area contributed by atoms with Gasteiger partial charge in [-0.1, -0.05) is 27.7 Å². The molecular weight excluding hydrogens is 391 g/mol. The Morgan fingerprint density at radius 3 is 2.36 bits per heavy atom. The zero-order valence-electron chi connectivity index (χ0n) is 14.7. The summed E-state index contributed by atoms with van der Waals surface area (Å²) in [5, 5.41) is 3.21. The number of aliphatic imine (C=N–C) groups is 1. The van der Waals surface area contributed by atoms with Crippen LogP contribution in [0.4, 0.5) is 0 Å². The number of nitrogens with two attached hydrogens (primary N) is 1. The SMILES string of the molecule is CC(C)CCNC(N)=NCC(CC(C)C)N1CCOCC1.I. The first-order valence-corrected chi connectivity index (χ1v) is 8.34. The Labute approximate surface area is 153 Å². The number of ether oxygens (including phenoxy) is 1. The second kappa shape index (κ2) is 12.4. The van der Waals surface area contributed by atoms with Gasteiger partial charge in [0.1, 0.15) is 0 Å². The summed E-state index contributed by atoms with van der Waals surface area (Å²) < 4.78 is 5.44. The first-order valence-electron chi connectivity index (χ1n) is 8.34. The van der Waals surface area contributed by atoms with E-state index in [2.05, 4.69) is 42.9 Å². The van der Waals surface area contributed by atoms with E-state index in [1.807, 2.05) is 0 Å². The summed E-state index contributed by atoms with van der Waals surface area (Å²) in [6.45, 7) is 14.3. The Bertz CT molecular complexity index is 305. The number of nitrogens with one attached hydrogen (secondary N) is 1. The van der Waals surface area contributed by atoms with Crippen LogP contribution in [0.3, 0.4) is 0 Å². The van der Waals surface area contributed by atoms with E-state index in [4.69, 9.17) is 10.5 Å². The summed E-state index contributed by atoms with van der Waals surface area (Å²) in [5.74, 6) is 1.94. The number of halogens is 1. The van der Waals surface area contributed by atoms with Crippen LogP contribution in [0.25, 0.3) is 0 Å². The molecule has 0 bridgehead atoms. The van der Waals surface area contributed by atoms with Crippen molar-refractivity contribution in [2.45, 2.75) is 46.6 Å². The van der Waals surface area contributed by atoms with Crippen molar-refractivity contribution < 1.29 is 4.74 Å². The average Bonchev–Trinajstić information content (AvgIpc) is 2.43. The molecule has 0 aromatic heterocycles. The molecule has 5 nitrogen and oxygen atoms in total. The lowest BCUT2D eigenvalue weighted by molar-refractivity contribution is 0.0143. The summed E-state index contributed by atoms with van der Waals surface area (Å²) in [4.78, 5) is 7.04. The predicted octanol–water partition coefficient (Wildman–Crippen LogP) is 2.30. The van der Waals surface area contributed by atoms with Crippen LogP contribution in [0.15, 0.2) is 4.99 Å². The van der Waals surface area contributed by atoms with Crippen LogP contribution in [0.5, 0.6) is 0 Å². The molecule has 1 fully saturated rings. The van der Waals surface area contributed by atoms with Gasteiger partial charge in [0.05, 0.1) is 19.8 Å². The molecule has 0 spiro atoms. The van der Waals surface area contributed by atoms with Gasteiger partial charge in [-0.25, -0.2) is 0 Å². The molecule has 0 saturated carbocycles. The normalized spacial score (nSPS) is 18.4. The maximum absolute atomic E-state index is 5.96. The van der Waals surface area contributed by atoms with E-state index < -0.39 is 0 Å². The summed E-state index contributed by atoms with van der Waals surface area (Å²) >= 11 is 0. The Kier molecular flexibility index (Phi) is 12.3. The van der Waals surface area contributed by atoms with Gasteiger partial charge in [0.2, 0.25) is 0 Å². The van der Waals surface area contributed by atoms with Crippen LogP contribution >= 0.6 is 24.0 Å². The molecule has 0 amide bonds. The number of rotatable bonds is 8. The van der Waals surface area contributed by atoms with Gasteiger partial charge in [0.15, 0.2) is 5.96 Å². The maximum Gasteiger partial charge on any atom is 0.188 e. The summed E-state index contributed by atoms with van der Waals surface area (Å²) in [6.07, 6.45) is 2.28. The summed E-state index contributed by atoms with van der Waals surface area (Å²) in [7, 11) is 0. The molecule has 0 radical (unpaired) electrons. The fraction of sp³-hybridized carbons (Fsp3) is 0.938. The molecule has 22 heavy (non-hydrogen) atoms. The second-order valence-electron chi connectivity index (χ2n) is 6.77. The van der Waals surface area contributed by atoms with Crippen molar-refractivity contribution in [3.63, 3.8) is 0 Å². The van der Waals surface area contributed by atoms with Crippen molar-refractivity contribution in [1.82, 2.24) is 10.2 Å². The van der Waals surface area contributed by atoms with Crippen molar-refractivity contribution in [2.24, 2.45) is 22.6 Å². The van der Waals surface area contributed by atoms with Gasteiger partial charge in [0, 0.05) is 25.7 Å². The standard InChI is InChI=1S/C16H34N4O.HI/c1-13(2)5-6-18-16(17)19-12-15(11-14(3)4)20-7-9-21-10-8-20;/h13-15H,5-12H2,1-4H3,(H3,17,18,19);1H. The number of guanidine groups is 1. The van der Waals surface area contributed by atoms with Gasteiger partial charge in [-0.2, -0.15) is 0 Å². The van der Waals surface area contributed by atoms with Gasteiger partial charge in [-0.05, 0) is 24.7 Å². The van der Waals surface area contributed by atoms with E-state index in [1.54, 1.807) is 0 Å². The number of hydrogen-bond acceptors (Lipinski definition) is 3. The van der Waals surface area contributed by atoms with E-state index in [9.17, 15) is 0 Å². The zero-order chi connectivity index (χ0) is 15.7. The van der Waals surface area contributed by atoms with E-state index in [-0.39, 0.29) is 24.0 Å². The molecule has 1 aliphatic heterocycles. The molecule has 1 rings (SSSR count). The van der Waals surface area contributed by atoms with Crippen LogP contribution in [-0.4, -0.2) is 56.3 Å². The fourth-order valence-corrected chi connectivity index (χ4v) is 2.57. The molecule has 132 valence electrons. The summed E-state index contributed by atoms with van der Waals surface area (Å²) in [5.41, 5.74) is 5.96. The van der Waals surface area contributed by atoms with Crippen molar-refractivity contribution in [3.05, 3.63) is 0 Å². The minimum Gasteiger partial charge on any atom is -0.379 e. The largest absolute Gasteiger partial charge is 0.379 e. The Morgan fingerprint density at radius 2 is 1.82 bits per heavy atom. The third-order valence-electron chi connectivity index (χ3n) is 3.81. The van der Waals surface area contributed by atoms with Gasteiger partial charge in [-0.3, -0.25) is 9.89 Å². The first-order chi connectivity index (χ1) is 9.99. The topological polar surface area (TPSA) is 62.9 Å². The van der Waals surface area contributed by atoms with E-state index in [1.165, 1.54) is 0 Å². The van der Waals surface area contributed by atoms with E-state index >= 15 is 0 Å². The van der Waals surface area contributed by atoms with Crippen LogP contribution in [0.1, 0.15) is 40.5 Å².